The predicted molar refractivity (Wildman–Crippen MR) is 123 cm³/mol. The van der Waals surface area contributed by atoms with Gasteiger partial charge in [0.05, 0.1) is 5.02 Å². The molecule has 1 N–H and O–H groups in total. The largest absolute Gasteiger partial charge is 0.360 e. The molecule has 33 heavy (non-hydrogen) atoms. The highest BCUT2D eigenvalue weighted by Crippen LogP contribution is 2.31. The lowest BCUT2D eigenvalue weighted by Gasteiger charge is -2.34. The van der Waals surface area contributed by atoms with Gasteiger partial charge in [-0.2, -0.15) is 0 Å². The highest BCUT2D eigenvalue weighted by molar-refractivity contribution is 6.33. The number of carbonyl (C=O) groups is 2. The zero-order valence-electron chi connectivity index (χ0n) is 18.2. The number of hydrogen-bond acceptors (Lipinski definition) is 5. The molecule has 2 aromatic carbocycles. The zero-order chi connectivity index (χ0) is 23.4. The lowest BCUT2D eigenvalue weighted by molar-refractivity contribution is 0.0637. The van der Waals surface area contributed by atoms with Crippen LogP contribution in [0.3, 0.4) is 0 Å². The van der Waals surface area contributed by atoms with Gasteiger partial charge in [-0.05, 0) is 37.3 Å². The molecular weight excluding hydrogens is 447 g/mol. The number of nitrogens with one attached hydrogen (secondary N) is 1. The van der Waals surface area contributed by atoms with Crippen molar-refractivity contribution in [3.63, 3.8) is 0 Å². The Hall–Kier alpha value is -3.23. The number of hydrogen-bond donors (Lipinski definition) is 1. The molecule has 1 aliphatic rings. The standard InChI is InChI=1S/C24H24ClFN4O3/c1-16-21(22(28-33-16)19-4-2-3-5-20(19)25)24(32)30-14-12-29(13-15-30)11-10-27-23(31)17-6-8-18(26)9-7-17/h2-9H,10-15H2,1H3,(H,27,31). The van der Waals surface area contributed by atoms with E-state index >= 15 is 0 Å². The van der Waals surface area contributed by atoms with E-state index in [4.69, 9.17) is 16.1 Å². The van der Waals surface area contributed by atoms with E-state index in [0.29, 0.717) is 72.4 Å². The molecule has 0 atom stereocenters. The van der Waals surface area contributed by atoms with Crippen molar-refractivity contribution < 1.29 is 18.5 Å². The molecule has 9 heteroatoms. The van der Waals surface area contributed by atoms with Crippen LogP contribution in [0.5, 0.6) is 0 Å². The first-order valence-electron chi connectivity index (χ1n) is 10.7. The summed E-state index contributed by atoms with van der Waals surface area (Å²) in [7, 11) is 0. The van der Waals surface area contributed by atoms with Crippen molar-refractivity contribution in [3.05, 3.63) is 76.3 Å². The van der Waals surface area contributed by atoms with Crippen molar-refractivity contribution >= 4 is 23.4 Å². The topological polar surface area (TPSA) is 78.7 Å². The maximum atomic E-state index is 13.3. The molecule has 1 fully saturated rings. The molecule has 1 aromatic heterocycles. The summed E-state index contributed by atoms with van der Waals surface area (Å²) in [6, 6.07) is 12.7. The molecule has 2 heterocycles. The third kappa shape index (κ3) is 5.23. The van der Waals surface area contributed by atoms with E-state index in [9.17, 15) is 14.0 Å². The molecule has 2 amide bonds. The predicted octanol–water partition coefficient (Wildman–Crippen LogP) is 3.63. The van der Waals surface area contributed by atoms with Crippen LogP contribution in [0.1, 0.15) is 26.5 Å². The summed E-state index contributed by atoms with van der Waals surface area (Å²) in [6.45, 7) is 5.32. The molecule has 0 saturated carbocycles. The van der Waals surface area contributed by atoms with Gasteiger partial charge < -0.3 is 14.7 Å². The zero-order valence-corrected chi connectivity index (χ0v) is 18.9. The Bertz CT molecular complexity index is 1140. The number of amides is 2. The Morgan fingerprint density at radius 2 is 1.79 bits per heavy atom. The lowest BCUT2D eigenvalue weighted by Crippen LogP contribution is -2.50. The number of aromatic nitrogens is 1. The first-order chi connectivity index (χ1) is 15.9. The quantitative estimate of drug-likeness (QED) is 0.595. The molecule has 1 aliphatic heterocycles. The van der Waals surface area contributed by atoms with Crippen LogP contribution in [-0.4, -0.2) is 66.0 Å². The van der Waals surface area contributed by atoms with E-state index < -0.39 is 0 Å². The van der Waals surface area contributed by atoms with Gasteiger partial charge in [0.15, 0.2) is 0 Å². The van der Waals surface area contributed by atoms with Crippen LogP contribution in [-0.2, 0) is 0 Å². The molecule has 0 radical (unpaired) electrons. The number of piperazine rings is 1. The monoisotopic (exact) mass is 470 g/mol. The van der Waals surface area contributed by atoms with Gasteiger partial charge in [0.2, 0.25) is 0 Å². The average Bonchev–Trinajstić information content (AvgIpc) is 3.20. The van der Waals surface area contributed by atoms with Crippen molar-refractivity contribution in [1.29, 1.82) is 0 Å². The van der Waals surface area contributed by atoms with Crippen molar-refractivity contribution in [3.8, 4) is 11.3 Å². The minimum Gasteiger partial charge on any atom is -0.360 e. The number of benzene rings is 2. The molecule has 1 saturated heterocycles. The Morgan fingerprint density at radius 3 is 2.48 bits per heavy atom. The third-order valence-corrected chi connectivity index (χ3v) is 6.01. The second-order valence-electron chi connectivity index (χ2n) is 7.84. The molecular formula is C24H24ClFN4O3. The Labute approximate surface area is 196 Å². The minimum atomic E-state index is -0.376. The van der Waals surface area contributed by atoms with Gasteiger partial charge in [-0.25, -0.2) is 4.39 Å². The van der Waals surface area contributed by atoms with Crippen molar-refractivity contribution in [2.24, 2.45) is 0 Å². The van der Waals surface area contributed by atoms with Crippen LogP contribution in [0.25, 0.3) is 11.3 Å². The summed E-state index contributed by atoms with van der Waals surface area (Å²) in [5.41, 5.74) is 1.97. The van der Waals surface area contributed by atoms with Crippen molar-refractivity contribution in [1.82, 2.24) is 20.3 Å². The fraction of sp³-hybridized carbons (Fsp3) is 0.292. The van der Waals surface area contributed by atoms with Crippen LogP contribution in [0, 0.1) is 12.7 Å². The first kappa shape index (κ1) is 22.9. The number of halogens is 2. The molecule has 0 aliphatic carbocycles. The van der Waals surface area contributed by atoms with Crippen LogP contribution in [0.15, 0.2) is 53.1 Å². The van der Waals surface area contributed by atoms with E-state index in [1.165, 1.54) is 24.3 Å². The molecule has 172 valence electrons. The molecule has 7 nitrogen and oxygen atoms in total. The summed E-state index contributed by atoms with van der Waals surface area (Å²) in [4.78, 5) is 29.4. The maximum absolute atomic E-state index is 13.3. The summed E-state index contributed by atoms with van der Waals surface area (Å²) in [5, 5.41) is 7.44. The average molecular weight is 471 g/mol. The van der Waals surface area contributed by atoms with E-state index in [1.807, 2.05) is 18.2 Å². The normalized spacial score (nSPS) is 14.3. The van der Waals surface area contributed by atoms with Gasteiger partial charge in [0, 0.05) is 50.4 Å². The Kier molecular flexibility index (Phi) is 7.05. The molecule has 4 rings (SSSR count). The summed E-state index contributed by atoms with van der Waals surface area (Å²) >= 11 is 6.31. The van der Waals surface area contributed by atoms with Gasteiger partial charge in [-0.1, -0.05) is 35.0 Å². The van der Waals surface area contributed by atoms with Gasteiger partial charge in [0.25, 0.3) is 11.8 Å². The summed E-state index contributed by atoms with van der Waals surface area (Å²) in [5.74, 6) is -0.285. The number of rotatable bonds is 6. The number of aryl methyl sites for hydroxylation is 1. The van der Waals surface area contributed by atoms with E-state index in [1.54, 1.807) is 17.9 Å². The van der Waals surface area contributed by atoms with E-state index in [-0.39, 0.29) is 17.6 Å². The molecule has 0 unspecified atom stereocenters. The second-order valence-corrected chi connectivity index (χ2v) is 8.25. The number of nitrogens with zero attached hydrogens (tertiary/aromatic N) is 3. The number of carbonyl (C=O) groups excluding carboxylic acids is 2. The lowest BCUT2D eigenvalue weighted by atomic mass is 10.0. The summed E-state index contributed by atoms with van der Waals surface area (Å²) in [6.07, 6.45) is 0. The van der Waals surface area contributed by atoms with E-state index in [0.717, 1.165) is 0 Å². The highest BCUT2D eigenvalue weighted by atomic mass is 35.5. The summed E-state index contributed by atoms with van der Waals surface area (Å²) < 4.78 is 18.3. The highest BCUT2D eigenvalue weighted by Gasteiger charge is 2.29. The third-order valence-electron chi connectivity index (χ3n) is 5.69. The van der Waals surface area contributed by atoms with Gasteiger partial charge >= 0.3 is 0 Å². The van der Waals surface area contributed by atoms with Gasteiger partial charge in [0.1, 0.15) is 22.8 Å². The Balaban J connectivity index is 1.31. The second kappa shape index (κ2) is 10.1. The van der Waals surface area contributed by atoms with Gasteiger partial charge in [-0.15, -0.1) is 0 Å². The van der Waals surface area contributed by atoms with Crippen LogP contribution in [0.2, 0.25) is 5.02 Å². The minimum absolute atomic E-state index is 0.132. The van der Waals surface area contributed by atoms with Crippen LogP contribution < -0.4 is 5.32 Å². The van der Waals surface area contributed by atoms with Gasteiger partial charge in [-0.3, -0.25) is 14.5 Å². The van der Waals surface area contributed by atoms with Crippen LogP contribution in [0.4, 0.5) is 4.39 Å². The van der Waals surface area contributed by atoms with Crippen molar-refractivity contribution in [2.45, 2.75) is 6.92 Å². The van der Waals surface area contributed by atoms with Crippen molar-refractivity contribution in [2.75, 3.05) is 39.3 Å². The first-order valence-corrected chi connectivity index (χ1v) is 11.1. The fourth-order valence-electron chi connectivity index (χ4n) is 3.82. The molecule has 3 aromatic rings. The fourth-order valence-corrected chi connectivity index (χ4v) is 4.05. The Morgan fingerprint density at radius 1 is 1.09 bits per heavy atom. The molecule has 0 bridgehead atoms. The van der Waals surface area contributed by atoms with E-state index in [2.05, 4.69) is 15.4 Å². The molecule has 0 spiro atoms. The smallest absolute Gasteiger partial charge is 0.259 e. The van der Waals surface area contributed by atoms with Crippen LogP contribution >= 0.6 is 11.6 Å². The maximum Gasteiger partial charge on any atom is 0.259 e. The SMILES string of the molecule is Cc1onc(-c2ccccc2Cl)c1C(=O)N1CCN(CCNC(=O)c2ccc(F)cc2)CC1.